The molecule has 2 rings (SSSR count). The number of hydrogen-bond acceptors (Lipinski definition) is 4. The molecule has 0 aromatic heterocycles. The molecule has 7 nitrogen and oxygen atoms in total. The number of hydrogen-bond donors (Lipinski definition) is 4. The second kappa shape index (κ2) is 8.57. The summed E-state index contributed by atoms with van der Waals surface area (Å²) in [5, 5.41) is 12.7. The minimum absolute atomic E-state index is 0.0658. The van der Waals surface area contributed by atoms with E-state index in [1.165, 1.54) is 0 Å². The first-order valence-electron chi connectivity index (χ1n) is 7.62. The molecule has 1 fully saturated rings. The lowest BCUT2D eigenvalue weighted by Gasteiger charge is -2.18. The highest BCUT2D eigenvalue weighted by molar-refractivity contribution is 9.11. The van der Waals surface area contributed by atoms with Crippen molar-refractivity contribution in [1.29, 1.82) is 5.41 Å². The molecular weight excluding hydrogens is 456 g/mol. The molecule has 0 bridgehead atoms. The van der Waals surface area contributed by atoms with Crippen molar-refractivity contribution in [1.82, 2.24) is 10.6 Å². The molecule has 25 heavy (non-hydrogen) atoms. The molecule has 9 heteroatoms. The molecule has 0 saturated carbocycles. The quantitative estimate of drug-likeness (QED) is 0.287. The van der Waals surface area contributed by atoms with Crippen LogP contribution in [0.5, 0.6) is 5.75 Å². The molecule has 0 unspecified atom stereocenters. The van der Waals surface area contributed by atoms with Crippen molar-refractivity contribution in [3.8, 4) is 5.75 Å². The number of guanidine groups is 1. The Hall–Kier alpha value is -1.74. The second-order valence-corrected chi connectivity index (χ2v) is 7.35. The molecule has 1 aromatic carbocycles. The van der Waals surface area contributed by atoms with Crippen molar-refractivity contribution in [2.24, 2.45) is 11.7 Å². The minimum atomic E-state index is -0.405. The van der Waals surface area contributed by atoms with E-state index in [-0.39, 0.29) is 23.5 Å². The number of ether oxygens (including phenoxy) is 2. The number of methoxy groups -OCH3 is 1. The van der Waals surface area contributed by atoms with Gasteiger partial charge >= 0.3 is 0 Å². The van der Waals surface area contributed by atoms with Crippen LogP contribution in [0.3, 0.4) is 0 Å². The van der Waals surface area contributed by atoms with Crippen LogP contribution in [0, 0.1) is 11.3 Å². The van der Waals surface area contributed by atoms with E-state index in [1.807, 2.05) is 19.1 Å². The maximum atomic E-state index is 12.1. The Kier molecular flexibility index (Phi) is 6.71. The van der Waals surface area contributed by atoms with E-state index in [0.717, 1.165) is 14.5 Å². The Labute approximate surface area is 163 Å². The Morgan fingerprint density at radius 3 is 2.72 bits per heavy atom. The normalized spacial score (nSPS) is 19.3. The van der Waals surface area contributed by atoms with E-state index < -0.39 is 6.23 Å². The smallest absolute Gasteiger partial charge is 0.289 e. The van der Waals surface area contributed by atoms with Crippen LogP contribution in [-0.4, -0.2) is 31.7 Å². The summed E-state index contributed by atoms with van der Waals surface area (Å²) in [5.41, 5.74) is 6.05. The van der Waals surface area contributed by atoms with Crippen LogP contribution in [0.2, 0.25) is 0 Å². The second-order valence-electron chi connectivity index (χ2n) is 5.64. The molecule has 1 aliphatic heterocycles. The van der Waals surface area contributed by atoms with E-state index in [2.05, 4.69) is 42.5 Å². The zero-order chi connectivity index (χ0) is 18.6. The molecular formula is C16H20Br2N4O3. The molecule has 1 heterocycles. The Bertz CT molecular complexity index is 686. The van der Waals surface area contributed by atoms with Crippen LogP contribution in [0.15, 0.2) is 26.8 Å². The van der Waals surface area contributed by atoms with Gasteiger partial charge < -0.3 is 25.8 Å². The van der Waals surface area contributed by atoms with E-state index in [1.54, 1.807) is 13.2 Å². The topological polar surface area (TPSA) is 109 Å². The molecule has 5 N–H and O–H groups in total. The van der Waals surface area contributed by atoms with E-state index in [0.29, 0.717) is 18.7 Å². The molecule has 0 radical (unpaired) electrons. The van der Waals surface area contributed by atoms with Crippen LogP contribution >= 0.6 is 31.9 Å². The van der Waals surface area contributed by atoms with E-state index in [4.69, 9.17) is 20.6 Å². The van der Waals surface area contributed by atoms with Crippen molar-refractivity contribution in [2.75, 3.05) is 13.7 Å². The van der Waals surface area contributed by atoms with Gasteiger partial charge in [-0.1, -0.05) is 6.92 Å². The standard InChI is InChI=1S/C16H20Br2N4O3/c1-8(3-4-21-16(19)20)15-22-14(23)12(25-15)7-9-5-10(17)13(24-2)11(18)6-9/h5-8,15H,3-4H2,1-2H3,(H,22,23)(H4,19,20,21)/b12-7-/t8-,15-/m0/s1. The summed E-state index contributed by atoms with van der Waals surface area (Å²) >= 11 is 6.88. The number of nitrogens with two attached hydrogens (primary N) is 1. The molecule has 1 aromatic rings. The third kappa shape index (κ3) is 5.12. The zero-order valence-corrected chi connectivity index (χ0v) is 17.0. The SMILES string of the molecule is COc1c(Br)cc(/C=C2\O[C@@H]([C@@H](C)CCNC(=N)N)NC2=O)cc1Br. The lowest BCUT2D eigenvalue weighted by molar-refractivity contribution is -0.116. The monoisotopic (exact) mass is 474 g/mol. The largest absolute Gasteiger partial charge is 0.494 e. The van der Waals surface area contributed by atoms with Crippen molar-refractivity contribution in [3.05, 3.63) is 32.4 Å². The zero-order valence-electron chi connectivity index (χ0n) is 13.9. The highest BCUT2D eigenvalue weighted by atomic mass is 79.9. The number of carbonyl (C=O) groups is 1. The molecule has 1 aliphatic rings. The molecule has 1 amide bonds. The number of halogens is 2. The van der Waals surface area contributed by atoms with Gasteiger partial charge in [0.15, 0.2) is 17.9 Å². The number of carbonyl (C=O) groups excluding carboxylic acids is 1. The summed E-state index contributed by atoms with van der Waals surface area (Å²) in [5.74, 6) is 0.694. The van der Waals surface area contributed by atoms with Crippen LogP contribution in [0.25, 0.3) is 6.08 Å². The van der Waals surface area contributed by atoms with Crippen molar-refractivity contribution < 1.29 is 14.3 Å². The number of benzene rings is 1. The lowest BCUT2D eigenvalue weighted by atomic mass is 10.1. The first kappa shape index (κ1) is 19.6. The summed E-state index contributed by atoms with van der Waals surface area (Å²) in [4.78, 5) is 12.1. The summed E-state index contributed by atoms with van der Waals surface area (Å²) in [6.45, 7) is 2.51. The molecule has 136 valence electrons. The highest BCUT2D eigenvalue weighted by Gasteiger charge is 2.31. The van der Waals surface area contributed by atoms with Gasteiger partial charge in [0.25, 0.3) is 5.91 Å². The molecule has 0 spiro atoms. The Balaban J connectivity index is 2.07. The van der Waals surface area contributed by atoms with E-state index >= 15 is 0 Å². The Morgan fingerprint density at radius 1 is 1.52 bits per heavy atom. The average Bonchev–Trinajstić information content (AvgIpc) is 2.87. The van der Waals surface area contributed by atoms with Gasteiger partial charge in [-0.2, -0.15) is 0 Å². The minimum Gasteiger partial charge on any atom is -0.494 e. The van der Waals surface area contributed by atoms with Crippen LogP contribution in [0.4, 0.5) is 0 Å². The molecule has 1 saturated heterocycles. The van der Waals surface area contributed by atoms with Gasteiger partial charge in [0.05, 0.1) is 16.1 Å². The predicted octanol–water partition coefficient (Wildman–Crippen LogP) is 2.54. The summed E-state index contributed by atoms with van der Waals surface area (Å²) in [6.07, 6.45) is 1.99. The van der Waals surface area contributed by atoms with Crippen molar-refractivity contribution >= 4 is 49.8 Å². The van der Waals surface area contributed by atoms with Crippen LogP contribution < -0.4 is 21.1 Å². The predicted molar refractivity (Wildman–Crippen MR) is 103 cm³/mol. The third-order valence-corrected chi connectivity index (χ3v) is 4.88. The van der Waals surface area contributed by atoms with Gasteiger partial charge in [-0.05, 0) is 62.1 Å². The van der Waals surface area contributed by atoms with Crippen molar-refractivity contribution in [3.63, 3.8) is 0 Å². The fourth-order valence-corrected chi connectivity index (χ4v) is 3.92. The first-order chi connectivity index (χ1) is 11.8. The highest BCUT2D eigenvalue weighted by Crippen LogP contribution is 2.35. The van der Waals surface area contributed by atoms with E-state index in [9.17, 15) is 4.79 Å². The van der Waals surface area contributed by atoms with Gasteiger partial charge in [-0.15, -0.1) is 0 Å². The maximum absolute atomic E-state index is 12.1. The number of nitrogens with one attached hydrogen (secondary N) is 3. The molecule has 2 atom stereocenters. The third-order valence-electron chi connectivity index (χ3n) is 3.71. The average molecular weight is 476 g/mol. The summed E-state index contributed by atoms with van der Waals surface area (Å²) in [7, 11) is 1.59. The summed E-state index contributed by atoms with van der Waals surface area (Å²) < 4.78 is 12.6. The van der Waals surface area contributed by atoms with Gasteiger partial charge in [-0.25, -0.2) is 0 Å². The van der Waals surface area contributed by atoms with Gasteiger partial charge in [0, 0.05) is 12.5 Å². The lowest BCUT2D eigenvalue weighted by Crippen LogP contribution is -2.36. The number of rotatable bonds is 6. The van der Waals surface area contributed by atoms with Crippen LogP contribution in [0.1, 0.15) is 18.9 Å². The molecule has 0 aliphatic carbocycles. The number of amides is 1. The first-order valence-corrected chi connectivity index (χ1v) is 9.20. The fourth-order valence-electron chi connectivity index (χ4n) is 2.37. The van der Waals surface area contributed by atoms with Crippen molar-refractivity contribution in [2.45, 2.75) is 19.6 Å². The fraction of sp³-hybridized carbons (Fsp3) is 0.375. The maximum Gasteiger partial charge on any atom is 0.289 e. The van der Waals surface area contributed by atoms with Crippen LogP contribution in [-0.2, 0) is 9.53 Å². The van der Waals surface area contributed by atoms with Gasteiger partial charge in [0.2, 0.25) is 0 Å². The van der Waals surface area contributed by atoms with Gasteiger partial charge in [0.1, 0.15) is 5.75 Å². The van der Waals surface area contributed by atoms with Gasteiger partial charge in [-0.3, -0.25) is 10.2 Å². The Morgan fingerprint density at radius 2 is 2.16 bits per heavy atom. The summed E-state index contributed by atoms with van der Waals surface area (Å²) in [6, 6.07) is 3.70.